The van der Waals surface area contributed by atoms with Crippen molar-refractivity contribution in [1.29, 1.82) is 0 Å². The van der Waals surface area contributed by atoms with Gasteiger partial charge >= 0.3 is 0 Å². The Morgan fingerprint density at radius 3 is 3.08 bits per heavy atom. The summed E-state index contributed by atoms with van der Waals surface area (Å²) in [5, 5.41) is 8.04. The van der Waals surface area contributed by atoms with E-state index in [1.807, 2.05) is 32.2 Å². The fourth-order valence-electron chi connectivity index (χ4n) is 3.60. The van der Waals surface area contributed by atoms with E-state index < -0.39 is 6.85 Å². The molecule has 0 radical (unpaired) electrons. The lowest BCUT2D eigenvalue weighted by Gasteiger charge is -2.11. The molecule has 0 amide bonds. The Morgan fingerprint density at radius 1 is 1.48 bits per heavy atom. The molecule has 0 saturated carbocycles. The minimum Gasteiger partial charge on any atom is -0.339 e. The predicted molar refractivity (Wildman–Crippen MR) is 92.4 cm³/mol. The number of fused-ring (bicyclic) bond motifs is 1. The van der Waals surface area contributed by atoms with Crippen molar-refractivity contribution < 1.29 is 13.4 Å². The quantitative estimate of drug-likeness (QED) is 0.681. The number of hydrogen-bond acceptors (Lipinski definition) is 5. The lowest BCUT2D eigenvalue weighted by molar-refractivity contribution is 0.0973. The van der Waals surface area contributed by atoms with Crippen LogP contribution >= 0.6 is 0 Å². The van der Waals surface area contributed by atoms with Gasteiger partial charge in [0, 0.05) is 36.2 Å². The summed E-state index contributed by atoms with van der Waals surface area (Å²) >= 11 is 0. The van der Waals surface area contributed by atoms with Gasteiger partial charge in [-0.2, -0.15) is 10.1 Å². The van der Waals surface area contributed by atoms with E-state index in [1.54, 1.807) is 10.9 Å². The van der Waals surface area contributed by atoms with Crippen LogP contribution in [0.1, 0.15) is 55.9 Å². The third kappa shape index (κ3) is 2.88. The molecule has 0 unspecified atom stereocenters. The lowest BCUT2D eigenvalue weighted by atomic mass is 9.93. The molecule has 2 aromatic heterocycles. The van der Waals surface area contributed by atoms with Crippen LogP contribution in [0.2, 0.25) is 0 Å². The number of carbonyl (C=O) groups is 1. The van der Waals surface area contributed by atoms with Gasteiger partial charge in [-0.15, -0.1) is 0 Å². The summed E-state index contributed by atoms with van der Waals surface area (Å²) in [6.07, 6.45) is 3.98. The Labute approximate surface area is 150 Å². The highest BCUT2D eigenvalue weighted by Crippen LogP contribution is 2.38. The van der Waals surface area contributed by atoms with Crippen molar-refractivity contribution in [2.24, 2.45) is 7.05 Å². The van der Waals surface area contributed by atoms with Crippen molar-refractivity contribution >= 4 is 5.78 Å². The molecule has 0 spiro atoms. The summed E-state index contributed by atoms with van der Waals surface area (Å²) in [6, 6.07) is 5.80. The Kier molecular flexibility index (Phi) is 2.99. The van der Waals surface area contributed by atoms with E-state index in [0.717, 1.165) is 29.7 Å². The number of ketones is 1. The molecule has 0 aliphatic heterocycles. The highest BCUT2D eigenvalue weighted by Gasteiger charge is 2.27. The largest absolute Gasteiger partial charge is 0.339 e. The van der Waals surface area contributed by atoms with Crippen LogP contribution in [0, 0.1) is 13.8 Å². The number of rotatable bonds is 4. The van der Waals surface area contributed by atoms with Crippen LogP contribution in [-0.2, 0) is 13.5 Å². The Hall–Kier alpha value is -2.76. The average Bonchev–Trinajstić information content (AvgIpc) is 3.33. The fraction of sp³-hybridized carbons (Fsp3) is 0.368. The highest BCUT2D eigenvalue weighted by molar-refractivity contribution is 5.97. The second-order valence-corrected chi connectivity index (χ2v) is 6.50. The minimum absolute atomic E-state index is 0.105. The number of aromatic nitrogens is 4. The van der Waals surface area contributed by atoms with Gasteiger partial charge < -0.3 is 4.52 Å². The molecule has 1 aromatic carbocycles. The third-order valence-electron chi connectivity index (χ3n) is 4.77. The normalized spacial score (nSPS) is 18.5. The van der Waals surface area contributed by atoms with Crippen LogP contribution in [0.4, 0.5) is 0 Å². The first-order valence-corrected chi connectivity index (χ1v) is 8.23. The lowest BCUT2D eigenvalue weighted by Crippen LogP contribution is -2.06. The third-order valence-corrected chi connectivity index (χ3v) is 4.77. The number of Topliss-reactive ketones (excluding diaryl/α,β-unsaturated/α-hetero) is 1. The van der Waals surface area contributed by atoms with Gasteiger partial charge in [0.1, 0.15) is 0 Å². The van der Waals surface area contributed by atoms with Gasteiger partial charge in [-0.1, -0.05) is 17.3 Å². The smallest absolute Gasteiger partial charge is 0.223 e. The number of carbonyl (C=O) groups excluding carboxylic acids is 1. The number of hydrogen-bond donors (Lipinski definition) is 0. The van der Waals surface area contributed by atoms with Crippen LogP contribution in [0.25, 0.3) is 11.4 Å². The van der Waals surface area contributed by atoms with Gasteiger partial charge in [0.2, 0.25) is 11.7 Å². The molecule has 128 valence electrons. The number of aryl methyl sites for hydroxylation is 4. The molecular weight excluding hydrogens is 316 g/mol. The van der Waals surface area contributed by atoms with Gasteiger partial charge in [-0.25, -0.2) is 0 Å². The average molecular weight is 339 g/mol. The molecule has 6 nitrogen and oxygen atoms in total. The highest BCUT2D eigenvalue weighted by atomic mass is 16.5. The van der Waals surface area contributed by atoms with Crippen molar-refractivity contribution in [2.75, 3.05) is 0 Å². The molecule has 0 fully saturated rings. The number of benzene rings is 1. The molecule has 6 heteroatoms. The summed E-state index contributed by atoms with van der Waals surface area (Å²) in [5.74, 6) is 0.171. The molecule has 25 heavy (non-hydrogen) atoms. The van der Waals surface area contributed by atoms with E-state index in [9.17, 15) is 4.79 Å². The molecule has 0 N–H and O–H groups in total. The van der Waals surface area contributed by atoms with Crippen molar-refractivity contribution in [2.45, 2.75) is 39.0 Å². The molecule has 1 atom stereocenters. The van der Waals surface area contributed by atoms with Crippen LogP contribution in [0.5, 0.6) is 0 Å². The molecule has 0 saturated heterocycles. The minimum atomic E-state index is -2.42. The zero-order valence-electron chi connectivity index (χ0n) is 17.1. The van der Waals surface area contributed by atoms with Gasteiger partial charge in [-0.3, -0.25) is 9.48 Å². The van der Waals surface area contributed by atoms with Crippen LogP contribution in [-0.4, -0.2) is 25.7 Å². The topological polar surface area (TPSA) is 73.8 Å². The molecule has 0 bridgehead atoms. The van der Waals surface area contributed by atoms with E-state index in [-0.39, 0.29) is 23.4 Å². The van der Waals surface area contributed by atoms with Crippen molar-refractivity contribution in [1.82, 2.24) is 19.9 Å². The molecule has 1 aliphatic rings. The molecule has 3 aromatic rings. The van der Waals surface area contributed by atoms with Crippen molar-refractivity contribution in [3.05, 3.63) is 52.7 Å². The second-order valence-electron chi connectivity index (χ2n) is 6.50. The zero-order chi connectivity index (χ0) is 20.1. The molecule has 1 aliphatic carbocycles. The maximum absolute atomic E-state index is 12.7. The van der Waals surface area contributed by atoms with Gasteiger partial charge in [0.15, 0.2) is 5.78 Å². The van der Waals surface area contributed by atoms with E-state index in [2.05, 4.69) is 15.2 Å². The Bertz CT molecular complexity index is 1050. The van der Waals surface area contributed by atoms with Crippen molar-refractivity contribution in [3.8, 4) is 11.4 Å². The number of nitrogens with zero attached hydrogens (tertiary/aromatic N) is 4. The zero-order valence-corrected chi connectivity index (χ0v) is 14.1. The van der Waals surface area contributed by atoms with E-state index in [4.69, 9.17) is 8.64 Å². The Morgan fingerprint density at radius 2 is 2.36 bits per heavy atom. The summed E-state index contributed by atoms with van der Waals surface area (Å²) < 4.78 is 28.6. The summed E-state index contributed by atoms with van der Waals surface area (Å²) in [4.78, 5) is 16.7. The molecular formula is C19H20N4O2. The van der Waals surface area contributed by atoms with Crippen LogP contribution in [0.3, 0.4) is 0 Å². The SMILES string of the molecule is [2H]C([2H])([2H])c1nc(-c2ccc3c(c2)CC[C@H]3CC(=O)c2cn(C)nc2C)no1. The summed E-state index contributed by atoms with van der Waals surface area (Å²) in [6.45, 7) is -0.571. The van der Waals surface area contributed by atoms with Gasteiger partial charge in [0.05, 0.1) is 11.3 Å². The van der Waals surface area contributed by atoms with Crippen LogP contribution < -0.4 is 0 Å². The Balaban J connectivity index is 1.54. The molecule has 4 rings (SSSR count). The van der Waals surface area contributed by atoms with Gasteiger partial charge in [0.25, 0.3) is 0 Å². The van der Waals surface area contributed by atoms with Gasteiger partial charge in [-0.05, 0) is 42.9 Å². The predicted octanol–water partition coefficient (Wildman–Crippen LogP) is 3.39. The summed E-state index contributed by atoms with van der Waals surface area (Å²) in [5.41, 5.74) is 4.43. The maximum atomic E-state index is 12.7. The second kappa shape index (κ2) is 5.95. The standard InChI is InChI=1S/C19H20N4O2/c1-11-17(10-23(3)21-11)18(24)9-14-5-4-13-8-15(6-7-16(13)14)19-20-12(2)25-22-19/h6-8,10,14H,4-5,9H2,1-3H3/t14-/m0/s1/i2D3. The first-order chi connectivity index (χ1) is 13.2. The van der Waals surface area contributed by atoms with E-state index in [0.29, 0.717) is 17.5 Å². The molecule has 2 heterocycles. The van der Waals surface area contributed by atoms with E-state index in [1.165, 1.54) is 0 Å². The first kappa shape index (κ1) is 12.6. The maximum Gasteiger partial charge on any atom is 0.223 e. The monoisotopic (exact) mass is 339 g/mol. The first-order valence-electron chi connectivity index (χ1n) is 9.73. The summed E-state index contributed by atoms with van der Waals surface area (Å²) in [7, 11) is 1.81. The fourth-order valence-corrected chi connectivity index (χ4v) is 3.60. The van der Waals surface area contributed by atoms with Crippen molar-refractivity contribution in [3.63, 3.8) is 0 Å². The van der Waals surface area contributed by atoms with E-state index >= 15 is 0 Å². The van der Waals surface area contributed by atoms with Crippen LogP contribution in [0.15, 0.2) is 28.9 Å².